The number of hydrogen-bond donors (Lipinski definition) is 2. The number of aromatic amines is 1. The van der Waals surface area contributed by atoms with Crippen LogP contribution in [-0.2, 0) is 0 Å². The highest BCUT2D eigenvalue weighted by Gasteiger charge is 2.19. The van der Waals surface area contributed by atoms with Gasteiger partial charge < -0.3 is 10.3 Å². The molecule has 0 aliphatic carbocycles. The molecule has 2 aromatic carbocycles. The third-order valence-electron chi connectivity index (χ3n) is 4.32. The third kappa shape index (κ3) is 3.76. The van der Waals surface area contributed by atoms with E-state index in [4.69, 9.17) is 11.6 Å². The van der Waals surface area contributed by atoms with E-state index in [9.17, 15) is 13.6 Å². The highest BCUT2D eigenvalue weighted by atomic mass is 35.5. The molecule has 2 aromatic heterocycles. The lowest BCUT2D eigenvalue weighted by Gasteiger charge is -2.19. The Hall–Kier alpha value is -2.77. The second kappa shape index (κ2) is 7.69. The smallest absolute Gasteiger partial charge is 0.295 e. The monoisotopic (exact) mass is 417 g/mol. The van der Waals surface area contributed by atoms with Gasteiger partial charge >= 0.3 is 0 Å². The van der Waals surface area contributed by atoms with Crippen LogP contribution in [0.15, 0.2) is 59.3 Å². The highest BCUT2D eigenvalue weighted by Crippen LogP contribution is 2.26. The van der Waals surface area contributed by atoms with Gasteiger partial charge in [0.05, 0.1) is 17.1 Å². The molecule has 0 spiro atoms. The Bertz CT molecular complexity index is 1110. The zero-order valence-corrected chi connectivity index (χ0v) is 15.9. The van der Waals surface area contributed by atoms with E-state index in [1.807, 2.05) is 29.0 Å². The van der Waals surface area contributed by atoms with Gasteiger partial charge in [0, 0.05) is 10.6 Å². The lowest BCUT2D eigenvalue weighted by atomic mass is 10.0. The highest BCUT2D eigenvalue weighted by molar-refractivity contribution is 7.08. The van der Waals surface area contributed by atoms with Crippen LogP contribution in [0.25, 0.3) is 11.0 Å². The van der Waals surface area contributed by atoms with Gasteiger partial charge in [0.2, 0.25) is 0 Å². The number of halogens is 3. The topological polar surface area (TPSA) is 57.8 Å². The van der Waals surface area contributed by atoms with Gasteiger partial charge in [-0.2, -0.15) is 11.3 Å². The summed E-state index contributed by atoms with van der Waals surface area (Å²) in [6.07, 6.45) is -2.70. The summed E-state index contributed by atoms with van der Waals surface area (Å²) in [6, 6.07) is 13.5. The molecule has 4 rings (SSSR count). The molecule has 0 radical (unpaired) electrons. The summed E-state index contributed by atoms with van der Waals surface area (Å²) in [5.41, 5.74) is 2.97. The predicted octanol–water partition coefficient (Wildman–Crippen LogP) is 5.73. The number of carbonyl (C=O) groups is 1. The van der Waals surface area contributed by atoms with Crippen molar-refractivity contribution in [3.8, 4) is 0 Å². The predicted molar refractivity (Wildman–Crippen MR) is 106 cm³/mol. The minimum atomic E-state index is -2.70. The van der Waals surface area contributed by atoms with Crippen LogP contribution in [0.5, 0.6) is 0 Å². The first kappa shape index (κ1) is 18.6. The van der Waals surface area contributed by atoms with E-state index in [1.165, 1.54) is 17.4 Å². The molecule has 2 N–H and O–H groups in total. The maximum absolute atomic E-state index is 12.9. The molecule has 0 saturated carbocycles. The van der Waals surface area contributed by atoms with Crippen LogP contribution in [0.1, 0.15) is 39.8 Å². The Kier molecular flexibility index (Phi) is 5.11. The van der Waals surface area contributed by atoms with Gasteiger partial charge in [-0.15, -0.1) is 0 Å². The molecule has 1 amide bonds. The maximum Gasteiger partial charge on any atom is 0.295 e. The molecule has 0 fully saturated rings. The fourth-order valence-electron chi connectivity index (χ4n) is 2.94. The second-order valence-corrected chi connectivity index (χ2v) is 7.39. The van der Waals surface area contributed by atoms with Crippen LogP contribution in [0, 0.1) is 0 Å². The van der Waals surface area contributed by atoms with Gasteiger partial charge in [-0.3, -0.25) is 4.79 Å². The number of rotatable bonds is 5. The molecule has 1 unspecified atom stereocenters. The molecule has 0 saturated heterocycles. The van der Waals surface area contributed by atoms with Crippen LogP contribution in [0.4, 0.5) is 8.78 Å². The Morgan fingerprint density at radius 3 is 2.57 bits per heavy atom. The second-order valence-electron chi connectivity index (χ2n) is 6.17. The number of amides is 1. The number of hydrogen-bond acceptors (Lipinski definition) is 3. The zero-order valence-electron chi connectivity index (χ0n) is 14.3. The molecule has 2 heterocycles. The van der Waals surface area contributed by atoms with Gasteiger partial charge in [0.15, 0.2) is 5.82 Å². The first-order chi connectivity index (χ1) is 13.5. The van der Waals surface area contributed by atoms with Gasteiger partial charge in [-0.1, -0.05) is 23.7 Å². The van der Waals surface area contributed by atoms with E-state index in [0.717, 1.165) is 11.1 Å². The van der Waals surface area contributed by atoms with Crippen molar-refractivity contribution in [3.05, 3.63) is 86.8 Å². The van der Waals surface area contributed by atoms with Crippen molar-refractivity contribution in [2.24, 2.45) is 0 Å². The summed E-state index contributed by atoms with van der Waals surface area (Å²) < 4.78 is 25.7. The lowest BCUT2D eigenvalue weighted by Crippen LogP contribution is -2.29. The standard InChI is InChI=1S/C20H14ClF2N3OS/c21-14-4-1-11(2-5-14)17(13-7-8-28-10-13)26-20(27)12-3-6-15-16(9-12)25-19(24-15)18(22)23/h1-10,17-18H,(H,24,25)(H,26,27). The first-order valence-electron chi connectivity index (χ1n) is 8.37. The van der Waals surface area contributed by atoms with Crippen molar-refractivity contribution in [1.29, 1.82) is 0 Å². The van der Waals surface area contributed by atoms with Crippen LogP contribution in [0.2, 0.25) is 5.02 Å². The molecular weight excluding hydrogens is 404 g/mol. The summed E-state index contributed by atoms with van der Waals surface area (Å²) in [5.74, 6) is -0.730. The largest absolute Gasteiger partial charge is 0.341 e. The van der Waals surface area contributed by atoms with E-state index in [-0.39, 0.29) is 11.9 Å². The Morgan fingerprint density at radius 2 is 1.89 bits per heavy atom. The Balaban J connectivity index is 1.64. The number of carbonyl (C=O) groups excluding carboxylic acids is 1. The number of alkyl halides is 2. The summed E-state index contributed by atoms with van der Waals surface area (Å²) in [4.78, 5) is 19.2. The van der Waals surface area contributed by atoms with E-state index in [1.54, 1.807) is 24.3 Å². The number of fused-ring (bicyclic) bond motifs is 1. The number of nitrogens with one attached hydrogen (secondary N) is 2. The molecule has 28 heavy (non-hydrogen) atoms. The molecule has 0 aliphatic heterocycles. The van der Waals surface area contributed by atoms with Crippen molar-refractivity contribution in [2.75, 3.05) is 0 Å². The quantitative estimate of drug-likeness (QED) is 0.435. The number of nitrogens with zero attached hydrogens (tertiary/aromatic N) is 1. The van der Waals surface area contributed by atoms with Gasteiger partial charge in [-0.05, 0) is 58.3 Å². The Labute approximate surface area is 168 Å². The third-order valence-corrected chi connectivity index (χ3v) is 5.28. The number of H-pyrrole nitrogens is 1. The summed E-state index contributed by atoms with van der Waals surface area (Å²) >= 11 is 7.51. The average molecular weight is 418 g/mol. The van der Waals surface area contributed by atoms with E-state index < -0.39 is 12.2 Å². The zero-order chi connectivity index (χ0) is 19.7. The molecule has 8 heteroatoms. The van der Waals surface area contributed by atoms with E-state index in [0.29, 0.717) is 21.6 Å². The van der Waals surface area contributed by atoms with Gasteiger partial charge in [0.25, 0.3) is 12.3 Å². The summed E-state index contributed by atoms with van der Waals surface area (Å²) in [5, 5.41) is 7.52. The molecule has 4 nitrogen and oxygen atoms in total. The van der Waals surface area contributed by atoms with Crippen LogP contribution in [0.3, 0.4) is 0 Å². The fraction of sp³-hybridized carbons (Fsp3) is 0.100. The Morgan fingerprint density at radius 1 is 1.11 bits per heavy atom. The number of benzene rings is 2. The average Bonchev–Trinajstić information content (AvgIpc) is 3.36. The number of aromatic nitrogens is 2. The minimum Gasteiger partial charge on any atom is -0.341 e. The van der Waals surface area contributed by atoms with Gasteiger partial charge in [-0.25, -0.2) is 13.8 Å². The van der Waals surface area contributed by atoms with Crippen molar-refractivity contribution in [2.45, 2.75) is 12.5 Å². The molecule has 0 bridgehead atoms. The van der Waals surface area contributed by atoms with Crippen molar-refractivity contribution >= 4 is 39.9 Å². The van der Waals surface area contributed by atoms with E-state index >= 15 is 0 Å². The first-order valence-corrected chi connectivity index (χ1v) is 9.69. The molecular formula is C20H14ClF2N3OS. The van der Waals surface area contributed by atoms with Crippen molar-refractivity contribution in [1.82, 2.24) is 15.3 Å². The van der Waals surface area contributed by atoms with Crippen molar-refractivity contribution in [3.63, 3.8) is 0 Å². The maximum atomic E-state index is 12.9. The number of imidazole rings is 1. The lowest BCUT2D eigenvalue weighted by molar-refractivity contribution is 0.0943. The van der Waals surface area contributed by atoms with Gasteiger partial charge in [0.1, 0.15) is 0 Å². The van der Waals surface area contributed by atoms with Crippen LogP contribution < -0.4 is 5.32 Å². The van der Waals surface area contributed by atoms with Crippen LogP contribution in [-0.4, -0.2) is 15.9 Å². The van der Waals surface area contributed by atoms with E-state index in [2.05, 4.69) is 15.3 Å². The molecule has 4 aromatic rings. The van der Waals surface area contributed by atoms with Crippen molar-refractivity contribution < 1.29 is 13.6 Å². The molecule has 142 valence electrons. The minimum absolute atomic E-state index is 0.318. The summed E-state index contributed by atoms with van der Waals surface area (Å²) in [6.45, 7) is 0. The molecule has 1 atom stereocenters. The number of thiophene rings is 1. The van der Waals surface area contributed by atoms with Crippen LogP contribution >= 0.6 is 22.9 Å². The SMILES string of the molecule is O=C(NC(c1ccc(Cl)cc1)c1ccsc1)c1ccc2nc(C(F)F)[nH]c2c1. The molecule has 0 aliphatic rings. The fourth-order valence-corrected chi connectivity index (χ4v) is 3.75. The summed E-state index contributed by atoms with van der Waals surface area (Å²) in [7, 11) is 0. The normalized spacial score (nSPS) is 12.4.